The number of para-hydroxylation sites is 2. The van der Waals surface area contributed by atoms with Crippen LogP contribution in [0.15, 0.2) is 491 Å². The van der Waals surface area contributed by atoms with Crippen LogP contribution in [-0.4, -0.2) is 15.8 Å². The van der Waals surface area contributed by atoms with Crippen molar-refractivity contribution < 1.29 is 0 Å². The molecule has 0 fully saturated rings. The van der Waals surface area contributed by atoms with Gasteiger partial charge in [-0.2, -0.15) is 0 Å². The molecule has 0 radical (unpaired) electrons. The molecule has 0 bridgehead atoms. The van der Waals surface area contributed by atoms with Crippen LogP contribution in [0.3, 0.4) is 0 Å². The minimum atomic E-state index is -0.649. The SMILES string of the molecule is CC(C)(C)c1cc(-c2ccccc2)c(N2c3cc4c5ccccc5n(-c5cccc(-c6ccccc6)c5)c4cc3B3c4cc5c(cc4N(c4c(-c6cccc(-c7ccccc7)c6)cc(C(C)(C)C)cc4-c4cccc(-c6ccccc6)c4)c4cc(-c6ccc7c(c6)-c6ccccc6C7(c6ccccc6)c6ccccc6)cc2c43)c2ccccc2n5-c2cccc(-c3ccccc3)c2)c(-c2ccccc2)c1. The fraction of sp³-hybridized carbons (Fsp3) is 0.0667. The first kappa shape index (κ1) is 83.5. The molecule has 5 heteroatoms. The van der Waals surface area contributed by atoms with Crippen molar-refractivity contribution in [2.75, 3.05) is 9.80 Å². The molecular formula is C135H99BN4. The number of fused-ring (bicyclic) bond motifs is 13. The smallest absolute Gasteiger partial charge is 0.252 e. The van der Waals surface area contributed by atoms with Gasteiger partial charge in [0.25, 0.3) is 6.71 Å². The average molecular weight is 1790 g/mol. The molecule has 2 aliphatic heterocycles. The minimum absolute atomic E-state index is 0.285. The van der Waals surface area contributed by atoms with Crippen molar-refractivity contribution in [1.29, 1.82) is 0 Å². The monoisotopic (exact) mass is 1790 g/mol. The zero-order valence-electron chi connectivity index (χ0n) is 79.1. The Morgan fingerprint density at radius 1 is 0.200 bits per heavy atom. The molecule has 4 heterocycles. The van der Waals surface area contributed by atoms with Gasteiger partial charge in [-0.25, -0.2) is 0 Å². The van der Waals surface area contributed by atoms with Crippen molar-refractivity contribution >= 4 is 101 Å². The first-order chi connectivity index (χ1) is 68.7. The number of benzene rings is 21. The molecule has 140 heavy (non-hydrogen) atoms. The molecule has 3 aliphatic rings. The second kappa shape index (κ2) is 33.1. The van der Waals surface area contributed by atoms with E-state index in [4.69, 9.17) is 0 Å². The molecule has 0 N–H and O–H groups in total. The molecule has 23 aromatic rings. The highest BCUT2D eigenvalue weighted by Gasteiger charge is 2.50. The molecule has 0 amide bonds. The molecule has 0 saturated heterocycles. The summed E-state index contributed by atoms with van der Waals surface area (Å²) in [5, 5.41) is 4.61. The van der Waals surface area contributed by atoms with E-state index >= 15 is 0 Å². The summed E-state index contributed by atoms with van der Waals surface area (Å²) in [6.07, 6.45) is 0. The van der Waals surface area contributed by atoms with Crippen molar-refractivity contribution in [1.82, 2.24) is 9.13 Å². The van der Waals surface area contributed by atoms with Crippen molar-refractivity contribution in [3.8, 4) is 123 Å². The van der Waals surface area contributed by atoms with E-state index in [1.165, 1.54) is 60.9 Å². The van der Waals surface area contributed by atoms with E-state index in [9.17, 15) is 0 Å². The van der Waals surface area contributed by atoms with E-state index in [1.807, 2.05) is 0 Å². The first-order valence-electron chi connectivity index (χ1n) is 49.1. The number of hydrogen-bond acceptors (Lipinski definition) is 2. The lowest BCUT2D eigenvalue weighted by Crippen LogP contribution is -2.61. The predicted octanol–water partition coefficient (Wildman–Crippen LogP) is 33.9. The fourth-order valence-electron chi connectivity index (χ4n) is 23.4. The van der Waals surface area contributed by atoms with Gasteiger partial charge in [-0.05, 0) is 265 Å². The number of nitrogens with zero attached hydrogens (tertiary/aromatic N) is 4. The minimum Gasteiger partial charge on any atom is -0.310 e. The van der Waals surface area contributed by atoms with Gasteiger partial charge in [0.1, 0.15) is 0 Å². The van der Waals surface area contributed by atoms with E-state index in [0.29, 0.717) is 0 Å². The number of hydrogen-bond donors (Lipinski definition) is 0. The van der Waals surface area contributed by atoms with E-state index in [1.54, 1.807) is 0 Å². The zero-order valence-corrected chi connectivity index (χ0v) is 79.1. The average Bonchev–Trinajstić information content (AvgIpc) is 1.17. The van der Waals surface area contributed by atoms with Gasteiger partial charge in [0.2, 0.25) is 0 Å². The van der Waals surface area contributed by atoms with Gasteiger partial charge in [0, 0.05) is 77.9 Å². The summed E-state index contributed by atoms with van der Waals surface area (Å²) in [5.74, 6) is 0. The van der Waals surface area contributed by atoms with Crippen LogP contribution in [0, 0.1) is 0 Å². The maximum absolute atomic E-state index is 2.81. The maximum atomic E-state index is 2.81. The van der Waals surface area contributed by atoms with Gasteiger partial charge in [0.15, 0.2) is 0 Å². The Labute approximate surface area is 819 Å². The number of anilines is 6. The molecule has 0 spiro atoms. The standard InChI is InChI=1S/C135H99BN4/c1-133(2,3)104-80-111(92-49-23-11-24-50-92)131(112(81-104)93-51-25-12-26-52-93)139-126-84-116-109-66-32-35-69-122(109)137(106-63-39-55-96(75-106)90-45-19-9-20-46-90)124(116)86-120(126)136-121-87-125-117(110-67-33-36-70-123(110)138(125)107-64-40-56-97(76-107)91-47-21-10-22-48-91)85-127(121)140(129-79-101(78-128(139)130(129)136)98-71-72-119-115(77-98)108-65-31-34-68-118(108)135(119,102-59-27-13-28-60-102)103-61-29-14-30-62-103)132-113(99-57-37-53-94(73-99)88-41-15-7-16-42-88)82-105(134(4,5)6)83-114(132)100-58-38-54-95(74-100)89-43-17-8-18-44-89/h7-87H,1-6H3. The largest absolute Gasteiger partial charge is 0.310 e. The van der Waals surface area contributed by atoms with E-state index in [0.717, 1.165) is 189 Å². The highest BCUT2D eigenvalue weighted by molar-refractivity contribution is 7.00. The first-order valence-corrected chi connectivity index (χ1v) is 49.1. The van der Waals surface area contributed by atoms with Gasteiger partial charge in [-0.15, -0.1) is 0 Å². The van der Waals surface area contributed by atoms with Gasteiger partial charge >= 0.3 is 0 Å². The lowest BCUT2D eigenvalue weighted by atomic mass is 9.33. The second-order valence-electron chi connectivity index (χ2n) is 40.2. The Bertz CT molecular complexity index is 8650. The lowest BCUT2D eigenvalue weighted by molar-refractivity contribution is 0.590. The van der Waals surface area contributed by atoms with Gasteiger partial charge in [0.05, 0.1) is 38.9 Å². The van der Waals surface area contributed by atoms with Crippen LogP contribution in [-0.2, 0) is 16.2 Å². The fourth-order valence-corrected chi connectivity index (χ4v) is 23.4. The Morgan fingerprint density at radius 3 is 0.929 bits per heavy atom. The predicted molar refractivity (Wildman–Crippen MR) is 593 cm³/mol. The van der Waals surface area contributed by atoms with Gasteiger partial charge in [-0.3, -0.25) is 0 Å². The Kier molecular flexibility index (Phi) is 19.8. The van der Waals surface area contributed by atoms with Crippen LogP contribution in [0.4, 0.5) is 34.1 Å². The summed E-state index contributed by atoms with van der Waals surface area (Å²) >= 11 is 0. The van der Waals surface area contributed by atoms with E-state index in [-0.39, 0.29) is 10.8 Å². The summed E-state index contributed by atoms with van der Waals surface area (Å²) < 4.78 is 5.14. The third-order valence-electron chi connectivity index (χ3n) is 30.0. The highest BCUT2D eigenvalue weighted by Crippen LogP contribution is 2.61. The Hall–Kier alpha value is -17.1. The summed E-state index contributed by atoms with van der Waals surface area (Å²) in [4.78, 5) is 5.60. The van der Waals surface area contributed by atoms with E-state index < -0.39 is 12.1 Å². The molecule has 2 aromatic heterocycles. The quantitative estimate of drug-likeness (QED) is 0.0951. The van der Waals surface area contributed by atoms with Gasteiger partial charge < -0.3 is 18.9 Å². The van der Waals surface area contributed by atoms with Crippen molar-refractivity contribution in [3.05, 3.63) is 525 Å². The molecule has 662 valence electrons. The van der Waals surface area contributed by atoms with Crippen molar-refractivity contribution in [3.63, 3.8) is 0 Å². The molecule has 21 aromatic carbocycles. The lowest BCUT2D eigenvalue weighted by Gasteiger charge is -2.46. The molecule has 4 nitrogen and oxygen atoms in total. The van der Waals surface area contributed by atoms with Crippen molar-refractivity contribution in [2.24, 2.45) is 0 Å². The maximum Gasteiger partial charge on any atom is 0.252 e. The number of aromatic nitrogens is 2. The van der Waals surface area contributed by atoms with E-state index in [2.05, 4.69) is 552 Å². The zero-order chi connectivity index (χ0) is 93.6. The Morgan fingerprint density at radius 2 is 0.521 bits per heavy atom. The number of rotatable bonds is 15. The Balaban J connectivity index is 0.879. The normalized spacial score (nSPS) is 12.9. The molecule has 0 saturated carbocycles. The van der Waals surface area contributed by atoms with Crippen LogP contribution in [0.2, 0.25) is 0 Å². The van der Waals surface area contributed by atoms with Crippen molar-refractivity contribution in [2.45, 2.75) is 57.8 Å². The molecular weight excluding hydrogens is 1690 g/mol. The highest BCUT2D eigenvalue weighted by atomic mass is 15.2. The second-order valence-corrected chi connectivity index (χ2v) is 40.2. The molecule has 1 aliphatic carbocycles. The van der Waals surface area contributed by atoms with Crippen LogP contribution >= 0.6 is 0 Å². The van der Waals surface area contributed by atoms with Crippen LogP contribution in [0.25, 0.3) is 166 Å². The molecule has 0 unspecified atom stereocenters. The summed E-state index contributed by atoms with van der Waals surface area (Å²) in [5.41, 5.74) is 45.5. The summed E-state index contributed by atoms with van der Waals surface area (Å²) in [7, 11) is 0. The molecule has 0 atom stereocenters. The van der Waals surface area contributed by atoms with Crippen LogP contribution in [0.5, 0.6) is 0 Å². The topological polar surface area (TPSA) is 16.3 Å². The van der Waals surface area contributed by atoms with Crippen LogP contribution in [0.1, 0.15) is 74.9 Å². The van der Waals surface area contributed by atoms with Gasteiger partial charge in [-0.1, -0.05) is 418 Å². The third kappa shape index (κ3) is 13.6. The third-order valence-corrected chi connectivity index (χ3v) is 30.0. The summed E-state index contributed by atoms with van der Waals surface area (Å²) in [6.45, 7) is 13.8. The summed E-state index contributed by atoms with van der Waals surface area (Å²) in [6, 6.07) is 187. The van der Waals surface area contributed by atoms with Crippen LogP contribution < -0.4 is 26.2 Å². The molecule has 26 rings (SSSR count).